The number of nitrogens with one attached hydrogen (secondary N) is 2. The third-order valence-electron chi connectivity index (χ3n) is 3.71. The summed E-state index contributed by atoms with van der Waals surface area (Å²) in [5.74, 6) is 3.34. The van der Waals surface area contributed by atoms with Crippen molar-refractivity contribution >= 4 is 34.6 Å². The van der Waals surface area contributed by atoms with Crippen molar-refractivity contribution in [2.24, 2.45) is 0 Å². The third kappa shape index (κ3) is 4.80. The molecule has 3 aromatic rings. The van der Waals surface area contributed by atoms with Crippen LogP contribution in [0.4, 0.5) is 23.0 Å². The van der Waals surface area contributed by atoms with E-state index in [1.807, 2.05) is 50.2 Å². The van der Waals surface area contributed by atoms with Crippen molar-refractivity contribution in [3.8, 4) is 11.5 Å². The Bertz CT molecular complexity index is 934. The zero-order valence-electron chi connectivity index (χ0n) is 15.4. The Labute approximate surface area is 163 Å². The van der Waals surface area contributed by atoms with E-state index in [-0.39, 0.29) is 0 Å². The number of benzene rings is 2. The SMILES string of the molecule is CCOc1ccccc1Nc1cc(Nc2ccc(OC)c(Cl)c2)nc(C)n1. The number of aromatic nitrogens is 2. The normalized spacial score (nSPS) is 10.4. The summed E-state index contributed by atoms with van der Waals surface area (Å²) in [5.41, 5.74) is 1.65. The van der Waals surface area contributed by atoms with Gasteiger partial charge in [0.25, 0.3) is 0 Å². The molecule has 1 heterocycles. The van der Waals surface area contributed by atoms with E-state index in [4.69, 9.17) is 21.1 Å². The van der Waals surface area contributed by atoms with E-state index in [1.165, 1.54) is 0 Å². The van der Waals surface area contributed by atoms with Gasteiger partial charge in [-0.15, -0.1) is 0 Å². The highest BCUT2D eigenvalue weighted by molar-refractivity contribution is 6.32. The molecule has 3 rings (SSSR count). The molecule has 27 heavy (non-hydrogen) atoms. The molecule has 0 aliphatic rings. The highest BCUT2D eigenvalue weighted by Gasteiger charge is 2.08. The van der Waals surface area contributed by atoms with Gasteiger partial charge in [0.1, 0.15) is 29.0 Å². The van der Waals surface area contributed by atoms with Crippen LogP contribution >= 0.6 is 11.6 Å². The first-order chi connectivity index (χ1) is 13.1. The fourth-order valence-corrected chi connectivity index (χ4v) is 2.83. The maximum absolute atomic E-state index is 6.19. The lowest BCUT2D eigenvalue weighted by Gasteiger charge is -2.13. The van der Waals surface area contributed by atoms with Crippen LogP contribution < -0.4 is 20.1 Å². The van der Waals surface area contributed by atoms with Gasteiger partial charge in [-0.3, -0.25) is 0 Å². The summed E-state index contributed by atoms with van der Waals surface area (Å²) in [6.07, 6.45) is 0. The van der Waals surface area contributed by atoms with Crippen molar-refractivity contribution in [2.75, 3.05) is 24.4 Å². The van der Waals surface area contributed by atoms with Gasteiger partial charge in [0.05, 0.1) is 24.4 Å². The largest absolute Gasteiger partial charge is 0.495 e. The van der Waals surface area contributed by atoms with Crippen molar-refractivity contribution in [3.63, 3.8) is 0 Å². The molecule has 0 unspecified atom stereocenters. The number of aryl methyl sites for hydroxylation is 1. The Morgan fingerprint density at radius 3 is 2.41 bits per heavy atom. The van der Waals surface area contributed by atoms with E-state index in [9.17, 15) is 0 Å². The Morgan fingerprint density at radius 1 is 0.963 bits per heavy atom. The lowest BCUT2D eigenvalue weighted by molar-refractivity contribution is 0.342. The molecule has 0 aliphatic heterocycles. The summed E-state index contributed by atoms with van der Waals surface area (Å²) < 4.78 is 10.8. The number of methoxy groups -OCH3 is 1. The molecule has 0 saturated heterocycles. The van der Waals surface area contributed by atoms with E-state index in [2.05, 4.69) is 20.6 Å². The van der Waals surface area contributed by atoms with Crippen LogP contribution in [0.2, 0.25) is 5.02 Å². The average molecular weight is 385 g/mol. The average Bonchev–Trinajstić information content (AvgIpc) is 2.63. The van der Waals surface area contributed by atoms with Crippen LogP contribution in [0.25, 0.3) is 0 Å². The molecule has 0 saturated carbocycles. The third-order valence-corrected chi connectivity index (χ3v) is 4.01. The summed E-state index contributed by atoms with van der Waals surface area (Å²) in [7, 11) is 1.58. The predicted octanol–water partition coefficient (Wildman–Crippen LogP) is 5.33. The second-order valence-corrected chi connectivity index (χ2v) is 6.12. The minimum absolute atomic E-state index is 0.525. The Morgan fingerprint density at radius 2 is 1.70 bits per heavy atom. The molecule has 7 heteroatoms. The quantitative estimate of drug-likeness (QED) is 0.573. The van der Waals surface area contributed by atoms with E-state index < -0.39 is 0 Å². The molecule has 0 atom stereocenters. The Hall–Kier alpha value is -2.99. The zero-order chi connectivity index (χ0) is 19.2. The molecular weight excluding hydrogens is 364 g/mol. The molecule has 2 aromatic carbocycles. The Kier molecular flexibility index (Phi) is 5.98. The summed E-state index contributed by atoms with van der Waals surface area (Å²) in [6, 6.07) is 15.0. The number of nitrogens with zero attached hydrogens (tertiary/aromatic N) is 2. The van der Waals surface area contributed by atoms with E-state index in [0.717, 1.165) is 17.1 Å². The molecule has 0 radical (unpaired) electrons. The van der Waals surface area contributed by atoms with Crippen molar-refractivity contribution < 1.29 is 9.47 Å². The van der Waals surface area contributed by atoms with Crippen molar-refractivity contribution in [1.82, 2.24) is 9.97 Å². The molecular formula is C20H21ClN4O2. The monoisotopic (exact) mass is 384 g/mol. The van der Waals surface area contributed by atoms with E-state index in [0.29, 0.717) is 34.8 Å². The van der Waals surface area contributed by atoms with Gasteiger partial charge in [-0.1, -0.05) is 23.7 Å². The lowest BCUT2D eigenvalue weighted by Crippen LogP contribution is -2.03. The smallest absolute Gasteiger partial charge is 0.142 e. The first-order valence-corrected chi connectivity index (χ1v) is 8.92. The summed E-state index contributed by atoms with van der Waals surface area (Å²) >= 11 is 6.19. The molecule has 0 spiro atoms. The van der Waals surface area contributed by atoms with E-state index >= 15 is 0 Å². The van der Waals surface area contributed by atoms with Crippen LogP contribution in [0.3, 0.4) is 0 Å². The first kappa shape index (κ1) is 18.8. The second-order valence-electron chi connectivity index (χ2n) is 5.71. The number of halogens is 1. The second kappa shape index (κ2) is 8.60. The maximum atomic E-state index is 6.19. The van der Waals surface area contributed by atoms with Gasteiger partial charge in [0, 0.05) is 11.8 Å². The molecule has 1 aromatic heterocycles. The molecule has 6 nitrogen and oxygen atoms in total. The zero-order valence-corrected chi connectivity index (χ0v) is 16.2. The number of para-hydroxylation sites is 2. The highest BCUT2D eigenvalue weighted by atomic mass is 35.5. The molecule has 0 aliphatic carbocycles. The minimum atomic E-state index is 0.525. The van der Waals surface area contributed by atoms with Crippen molar-refractivity contribution in [2.45, 2.75) is 13.8 Å². The van der Waals surface area contributed by atoms with Crippen LogP contribution in [0.5, 0.6) is 11.5 Å². The number of hydrogen-bond acceptors (Lipinski definition) is 6. The van der Waals surface area contributed by atoms with Crippen molar-refractivity contribution in [1.29, 1.82) is 0 Å². The summed E-state index contributed by atoms with van der Waals surface area (Å²) in [6.45, 7) is 4.38. The van der Waals surface area contributed by atoms with Crippen LogP contribution in [-0.4, -0.2) is 23.7 Å². The van der Waals surface area contributed by atoms with Crippen LogP contribution in [0, 0.1) is 6.92 Å². The van der Waals surface area contributed by atoms with Gasteiger partial charge in [-0.2, -0.15) is 0 Å². The highest BCUT2D eigenvalue weighted by Crippen LogP contribution is 2.30. The predicted molar refractivity (Wildman–Crippen MR) is 109 cm³/mol. The summed E-state index contributed by atoms with van der Waals surface area (Å²) in [5, 5.41) is 7.06. The van der Waals surface area contributed by atoms with Crippen LogP contribution in [0.15, 0.2) is 48.5 Å². The van der Waals surface area contributed by atoms with Gasteiger partial charge in [-0.05, 0) is 44.2 Å². The molecule has 0 fully saturated rings. The fourth-order valence-electron chi connectivity index (χ4n) is 2.58. The van der Waals surface area contributed by atoms with Crippen LogP contribution in [-0.2, 0) is 0 Å². The summed E-state index contributed by atoms with van der Waals surface area (Å²) in [4.78, 5) is 8.89. The number of anilines is 4. The van der Waals surface area contributed by atoms with Gasteiger partial charge in [-0.25, -0.2) is 9.97 Å². The maximum Gasteiger partial charge on any atom is 0.142 e. The van der Waals surface area contributed by atoms with Gasteiger partial charge < -0.3 is 20.1 Å². The number of ether oxygens (including phenoxy) is 2. The lowest BCUT2D eigenvalue weighted by atomic mass is 10.3. The van der Waals surface area contributed by atoms with Gasteiger partial charge in [0.2, 0.25) is 0 Å². The van der Waals surface area contributed by atoms with Crippen LogP contribution in [0.1, 0.15) is 12.7 Å². The molecule has 2 N–H and O–H groups in total. The fraction of sp³-hybridized carbons (Fsp3) is 0.200. The van der Waals surface area contributed by atoms with Gasteiger partial charge in [0.15, 0.2) is 0 Å². The molecule has 0 bridgehead atoms. The Balaban J connectivity index is 1.83. The number of hydrogen-bond donors (Lipinski definition) is 2. The first-order valence-electron chi connectivity index (χ1n) is 8.54. The molecule has 0 amide bonds. The van der Waals surface area contributed by atoms with E-state index in [1.54, 1.807) is 19.2 Å². The van der Waals surface area contributed by atoms with Crippen molar-refractivity contribution in [3.05, 3.63) is 59.4 Å². The number of rotatable bonds is 7. The topological polar surface area (TPSA) is 68.3 Å². The minimum Gasteiger partial charge on any atom is -0.495 e. The molecule has 140 valence electrons. The standard InChI is InChI=1S/C20H21ClN4O2/c1-4-27-18-8-6-5-7-16(18)25-20-12-19(22-13(2)23-20)24-14-9-10-17(26-3)15(21)11-14/h5-12H,4H2,1-3H3,(H2,22,23,24,25). The van der Waals surface area contributed by atoms with Gasteiger partial charge >= 0.3 is 0 Å².